The SMILES string of the molecule is CCCCCCCCCCCCCCCCCCCC(=O)O[C@H](COC(=O)CCCCCCCCCC(C)C)COP(=O)(O)OC[C@@H](O)COP(=O)(O)OC[C@@H](COC(=O)CCCCCCC)OC(=O)CCCCCCCCCC. The molecule has 0 aromatic rings. The highest BCUT2D eigenvalue weighted by molar-refractivity contribution is 7.47. The van der Waals surface area contributed by atoms with Crippen molar-refractivity contribution in [3.63, 3.8) is 0 Å². The maximum Gasteiger partial charge on any atom is 0.472 e. The summed E-state index contributed by atoms with van der Waals surface area (Å²) in [7, 11) is -9.87. The van der Waals surface area contributed by atoms with Crippen LogP contribution in [0.3, 0.4) is 0 Å². The number of hydrogen-bond acceptors (Lipinski definition) is 15. The third kappa shape index (κ3) is 55.3. The molecule has 0 bridgehead atoms. The summed E-state index contributed by atoms with van der Waals surface area (Å²) >= 11 is 0. The summed E-state index contributed by atoms with van der Waals surface area (Å²) in [4.78, 5) is 71.7. The molecule has 17 nitrogen and oxygen atoms in total. The van der Waals surface area contributed by atoms with Crippen molar-refractivity contribution in [2.24, 2.45) is 5.92 Å². The number of carbonyl (C=O) groups is 4. The van der Waals surface area contributed by atoms with Gasteiger partial charge in [0.2, 0.25) is 0 Å². The summed E-state index contributed by atoms with van der Waals surface area (Å²) in [5, 5.41) is 10.5. The van der Waals surface area contributed by atoms with Crippen molar-refractivity contribution >= 4 is 39.5 Å². The molecule has 0 saturated heterocycles. The minimum Gasteiger partial charge on any atom is -0.462 e. The summed E-state index contributed by atoms with van der Waals surface area (Å²) in [6.45, 7) is 7.00. The number of hydrogen-bond donors (Lipinski definition) is 3. The van der Waals surface area contributed by atoms with Crippen LogP contribution in [0.2, 0.25) is 0 Å². The lowest BCUT2D eigenvalue weighted by atomic mass is 10.0. The van der Waals surface area contributed by atoms with Crippen LogP contribution in [0.25, 0.3) is 0 Å². The molecular weight excluding hydrogens is 1070 g/mol. The molecule has 3 N–H and O–H groups in total. The highest BCUT2D eigenvalue weighted by Gasteiger charge is 2.30. The summed E-state index contributed by atoms with van der Waals surface area (Å²) in [5.74, 6) is -1.45. The Labute approximate surface area is 486 Å². The van der Waals surface area contributed by atoms with Gasteiger partial charge in [0, 0.05) is 25.7 Å². The molecule has 0 aliphatic heterocycles. The van der Waals surface area contributed by atoms with Gasteiger partial charge in [0.15, 0.2) is 12.2 Å². The number of carbonyl (C=O) groups excluding carboxylic acids is 4. The normalized spacial score (nSPS) is 14.3. The van der Waals surface area contributed by atoms with Crippen LogP contribution in [0, 0.1) is 5.92 Å². The molecule has 80 heavy (non-hydrogen) atoms. The van der Waals surface area contributed by atoms with Crippen molar-refractivity contribution in [2.45, 2.75) is 323 Å². The van der Waals surface area contributed by atoms with Crippen molar-refractivity contribution in [2.75, 3.05) is 39.6 Å². The fourth-order valence-electron chi connectivity index (χ4n) is 9.05. The lowest BCUT2D eigenvalue weighted by Gasteiger charge is -2.21. The number of ether oxygens (including phenoxy) is 4. The van der Waals surface area contributed by atoms with E-state index in [0.717, 1.165) is 109 Å². The largest absolute Gasteiger partial charge is 0.472 e. The Kier molecular flexibility index (Phi) is 53.6. The quantitative estimate of drug-likeness (QED) is 0.0222. The van der Waals surface area contributed by atoms with E-state index in [0.29, 0.717) is 31.6 Å². The van der Waals surface area contributed by atoms with Gasteiger partial charge in [0.05, 0.1) is 26.4 Å². The fourth-order valence-corrected chi connectivity index (χ4v) is 10.6. The molecule has 0 rings (SSSR count). The second-order valence-corrected chi connectivity index (χ2v) is 25.5. The number of aliphatic hydroxyl groups is 1. The maximum atomic E-state index is 12.9. The van der Waals surface area contributed by atoms with E-state index in [1.165, 1.54) is 109 Å². The predicted octanol–water partition coefficient (Wildman–Crippen LogP) is 16.6. The zero-order valence-corrected chi connectivity index (χ0v) is 53.0. The molecule has 0 aromatic carbocycles. The fraction of sp³-hybridized carbons (Fsp3) is 0.934. The van der Waals surface area contributed by atoms with Crippen molar-refractivity contribution in [1.82, 2.24) is 0 Å². The predicted molar refractivity (Wildman–Crippen MR) is 317 cm³/mol. The molecule has 0 saturated carbocycles. The van der Waals surface area contributed by atoms with Crippen LogP contribution in [0.4, 0.5) is 0 Å². The smallest absolute Gasteiger partial charge is 0.462 e. The summed E-state index contributed by atoms with van der Waals surface area (Å²) in [6.07, 6.45) is 38.1. The molecule has 0 fully saturated rings. The average Bonchev–Trinajstić information content (AvgIpc) is 3.42. The zero-order chi connectivity index (χ0) is 59.2. The van der Waals surface area contributed by atoms with E-state index < -0.39 is 97.5 Å². The van der Waals surface area contributed by atoms with Gasteiger partial charge in [0.1, 0.15) is 19.3 Å². The number of esters is 4. The van der Waals surface area contributed by atoms with Gasteiger partial charge in [-0.3, -0.25) is 37.3 Å². The zero-order valence-electron chi connectivity index (χ0n) is 51.2. The third-order valence-corrected chi connectivity index (χ3v) is 15.9. The number of phosphoric ester groups is 2. The second-order valence-electron chi connectivity index (χ2n) is 22.6. The van der Waals surface area contributed by atoms with Crippen LogP contribution in [-0.4, -0.2) is 96.7 Å². The van der Waals surface area contributed by atoms with E-state index in [4.69, 9.17) is 37.0 Å². The maximum absolute atomic E-state index is 12.9. The standard InChI is InChI=1S/C61H118O17P2/c1-6-9-12-15-17-19-20-21-22-23-24-25-26-27-31-37-42-47-61(66)78-57(51-72-59(64)45-40-35-32-28-29-34-38-43-54(4)5)53-76-80(69,70)74-49-55(62)48-73-79(67,68)75-52-56(50-71-58(63)44-39-33-14-11-8-3)77-60(65)46-41-36-30-18-16-13-10-7-2/h54-57,62H,6-53H2,1-5H3,(H,67,68)(H,69,70)/t55-,56+,57+/m0/s1. The van der Waals surface area contributed by atoms with E-state index in [-0.39, 0.29) is 25.7 Å². The molecule has 19 heteroatoms. The first-order valence-corrected chi connectivity index (χ1v) is 35.1. The Morgan fingerprint density at radius 2 is 0.575 bits per heavy atom. The number of phosphoric acid groups is 2. The van der Waals surface area contributed by atoms with Gasteiger partial charge in [-0.1, -0.05) is 253 Å². The molecular formula is C61H118O17P2. The molecule has 474 valence electrons. The minimum atomic E-state index is -4.94. The van der Waals surface area contributed by atoms with Crippen LogP contribution >= 0.6 is 15.6 Å². The first kappa shape index (κ1) is 78.1. The Balaban J connectivity index is 5.13. The number of rotatable bonds is 61. The van der Waals surface area contributed by atoms with E-state index in [9.17, 15) is 43.2 Å². The van der Waals surface area contributed by atoms with Crippen molar-refractivity contribution in [1.29, 1.82) is 0 Å². The third-order valence-electron chi connectivity index (χ3n) is 14.0. The van der Waals surface area contributed by atoms with E-state index in [2.05, 4.69) is 34.6 Å². The monoisotopic (exact) mass is 1180 g/mol. The van der Waals surface area contributed by atoms with Crippen molar-refractivity contribution < 1.29 is 80.2 Å². The molecule has 0 aliphatic carbocycles. The summed E-state index contributed by atoms with van der Waals surface area (Å²) < 4.78 is 67.6. The van der Waals surface area contributed by atoms with Gasteiger partial charge < -0.3 is 33.8 Å². The number of unbranched alkanes of at least 4 members (excludes halogenated alkanes) is 33. The van der Waals surface area contributed by atoms with E-state index in [1.54, 1.807) is 0 Å². The van der Waals surface area contributed by atoms with Crippen molar-refractivity contribution in [3.05, 3.63) is 0 Å². The Morgan fingerprint density at radius 3 is 0.850 bits per heavy atom. The Morgan fingerprint density at radius 1 is 0.338 bits per heavy atom. The van der Waals surface area contributed by atoms with Crippen LogP contribution in [0.15, 0.2) is 0 Å². The molecule has 0 aromatic heterocycles. The van der Waals surface area contributed by atoms with Crippen molar-refractivity contribution in [3.8, 4) is 0 Å². The topological polar surface area (TPSA) is 237 Å². The Hall–Kier alpha value is -1.94. The van der Waals surface area contributed by atoms with Crippen LogP contribution < -0.4 is 0 Å². The van der Waals surface area contributed by atoms with Crippen LogP contribution in [0.5, 0.6) is 0 Å². The van der Waals surface area contributed by atoms with Gasteiger partial charge in [-0.15, -0.1) is 0 Å². The minimum absolute atomic E-state index is 0.104. The lowest BCUT2D eigenvalue weighted by molar-refractivity contribution is -0.161. The average molecular weight is 1190 g/mol. The van der Waals surface area contributed by atoms with Crippen LogP contribution in [-0.2, 0) is 65.4 Å². The van der Waals surface area contributed by atoms with E-state index >= 15 is 0 Å². The van der Waals surface area contributed by atoms with Gasteiger partial charge in [-0.2, -0.15) is 0 Å². The second kappa shape index (κ2) is 55.0. The molecule has 0 spiro atoms. The first-order chi connectivity index (χ1) is 38.5. The number of aliphatic hydroxyl groups excluding tert-OH is 1. The van der Waals surface area contributed by atoms with Crippen LogP contribution in [0.1, 0.15) is 304 Å². The molecule has 0 amide bonds. The molecule has 2 unspecified atom stereocenters. The molecule has 0 heterocycles. The first-order valence-electron chi connectivity index (χ1n) is 32.1. The van der Waals surface area contributed by atoms with Gasteiger partial charge in [-0.05, 0) is 31.6 Å². The molecule has 0 aliphatic rings. The highest BCUT2D eigenvalue weighted by Crippen LogP contribution is 2.45. The highest BCUT2D eigenvalue weighted by atomic mass is 31.2. The van der Waals surface area contributed by atoms with E-state index in [1.807, 2.05) is 0 Å². The van der Waals surface area contributed by atoms with Gasteiger partial charge in [-0.25, -0.2) is 9.13 Å². The molecule has 5 atom stereocenters. The summed E-state index contributed by atoms with van der Waals surface area (Å²) in [5.41, 5.74) is 0. The molecule has 0 radical (unpaired) electrons. The van der Waals surface area contributed by atoms with Gasteiger partial charge >= 0.3 is 39.5 Å². The van der Waals surface area contributed by atoms with Gasteiger partial charge in [0.25, 0.3) is 0 Å². The Bertz CT molecular complexity index is 1570. The lowest BCUT2D eigenvalue weighted by Crippen LogP contribution is -2.30. The summed E-state index contributed by atoms with van der Waals surface area (Å²) in [6, 6.07) is 0.